The van der Waals surface area contributed by atoms with Crippen LogP contribution in [0, 0.1) is 34.5 Å². The summed E-state index contributed by atoms with van der Waals surface area (Å²) in [5, 5.41) is 61.0. The molecule has 6 aliphatic rings. The van der Waals surface area contributed by atoms with E-state index in [2.05, 4.69) is 36.4 Å². The molecule has 0 saturated heterocycles. The summed E-state index contributed by atoms with van der Waals surface area (Å²) < 4.78 is 26.0. The van der Waals surface area contributed by atoms with Gasteiger partial charge in [-0.1, -0.05) is 128 Å². The number of aliphatic hydroxyl groups excluding tert-OH is 2. The molecule has 4 fully saturated rings. The number of allylic oxidation sites excluding steroid dienone is 1. The Bertz CT molecular complexity index is 3650. The molecule has 0 radical (unpaired) electrons. The summed E-state index contributed by atoms with van der Waals surface area (Å²) in [7, 11) is 3.08. The summed E-state index contributed by atoms with van der Waals surface area (Å²) in [6.45, 7) is 1.45. The molecule has 13 rings (SSSR count). The molecule has 12 atom stereocenters. The lowest BCUT2D eigenvalue weighted by Crippen LogP contribution is -2.62. The lowest BCUT2D eigenvalue weighted by atomic mass is 9.40. The van der Waals surface area contributed by atoms with E-state index in [0.717, 1.165) is 92.9 Å². The molecule has 12 unspecified atom stereocenters. The molecular weight excluding hydrogens is 1060 g/mol. The molecule has 7 aromatic rings. The lowest BCUT2D eigenvalue weighted by molar-refractivity contribution is -0.179. The summed E-state index contributed by atoms with van der Waals surface area (Å²) in [5.41, 5.74) is 6.17. The number of carbonyl (C=O) groups is 2. The first kappa shape index (κ1) is 56.5. The van der Waals surface area contributed by atoms with E-state index >= 15 is 4.79 Å². The van der Waals surface area contributed by atoms with Gasteiger partial charge in [0, 0.05) is 24.7 Å². The highest BCUT2D eigenvalue weighted by Crippen LogP contribution is 2.70. The van der Waals surface area contributed by atoms with E-state index in [9.17, 15) is 30.3 Å². The van der Waals surface area contributed by atoms with Gasteiger partial charge in [0.1, 0.15) is 18.0 Å². The molecule has 5 N–H and O–H groups in total. The van der Waals surface area contributed by atoms with E-state index in [0.29, 0.717) is 62.9 Å². The minimum Gasteiger partial charge on any atom is -0.508 e. The third-order valence-corrected chi connectivity index (χ3v) is 21.4. The number of hydrogen-bond donors (Lipinski definition) is 5. The maximum absolute atomic E-state index is 17.0. The third-order valence-electron chi connectivity index (χ3n) is 21.4. The van der Waals surface area contributed by atoms with Crippen molar-refractivity contribution >= 4 is 28.8 Å². The highest BCUT2D eigenvalue weighted by Gasteiger charge is 2.66. The molecule has 4 saturated carbocycles. The van der Waals surface area contributed by atoms with Crippen LogP contribution in [0.1, 0.15) is 128 Å². The molecule has 1 spiro atoms. The average Bonchev–Trinajstić information content (AvgIpc) is 1.60. The molecule has 0 bridgehead atoms. The zero-order valence-corrected chi connectivity index (χ0v) is 48.9. The van der Waals surface area contributed by atoms with Crippen molar-refractivity contribution < 1.29 is 54.1 Å². The molecule has 11 nitrogen and oxygen atoms in total. The molecule has 0 amide bonds. The van der Waals surface area contributed by atoms with Crippen LogP contribution in [0.5, 0.6) is 28.7 Å². The molecule has 85 heavy (non-hydrogen) atoms. The third kappa shape index (κ3) is 10.1. The Morgan fingerprint density at radius 1 is 0.729 bits per heavy atom. The van der Waals surface area contributed by atoms with E-state index in [1.807, 2.05) is 103 Å². The van der Waals surface area contributed by atoms with Gasteiger partial charge >= 0.3 is 11.9 Å². The maximum Gasteiger partial charge on any atom is 0.317 e. The molecular formula is C74H78O11. The molecule has 6 aliphatic carbocycles. The van der Waals surface area contributed by atoms with Gasteiger partial charge < -0.3 is 44.5 Å². The van der Waals surface area contributed by atoms with Crippen molar-refractivity contribution in [1.82, 2.24) is 0 Å². The minimum absolute atomic E-state index is 0.00342. The van der Waals surface area contributed by atoms with Gasteiger partial charge in [0.25, 0.3) is 0 Å². The second-order valence-electron chi connectivity index (χ2n) is 26.0. The van der Waals surface area contributed by atoms with E-state index in [4.69, 9.17) is 18.9 Å². The number of phenols is 3. The van der Waals surface area contributed by atoms with Crippen molar-refractivity contribution in [1.29, 1.82) is 0 Å². The molecule has 440 valence electrons. The minimum atomic E-state index is -1.19. The van der Waals surface area contributed by atoms with Crippen LogP contribution in [0.3, 0.4) is 0 Å². The molecule has 0 aliphatic heterocycles. The summed E-state index contributed by atoms with van der Waals surface area (Å²) in [4.78, 5) is 31.0. The van der Waals surface area contributed by atoms with Gasteiger partial charge in [0.15, 0.2) is 23.0 Å². The van der Waals surface area contributed by atoms with E-state index in [-0.39, 0.29) is 64.6 Å². The predicted molar refractivity (Wildman–Crippen MR) is 328 cm³/mol. The Labute approximate surface area is 498 Å². The Kier molecular flexibility index (Phi) is 15.1. The summed E-state index contributed by atoms with van der Waals surface area (Å²) in [6, 6.07) is 47.5. The molecule has 0 aromatic heterocycles. The largest absolute Gasteiger partial charge is 0.508 e. The SMILES string of the molecule is COc1cc2c(cc1O)C1CC(O)C3Cc4cc(O)c(OC)cc4C4CC(OC(=O)C5(c6ccc7cc(O)cc(-c8ccccc8)c7c6)CC6(CCCC6)CC5CCC(O)Cc5ccccc5)CC(OC(C)=O)C(C2)C1(C=Cc1ccccc1)C43. The van der Waals surface area contributed by atoms with Crippen LogP contribution in [0.4, 0.5) is 0 Å². The number of hydrogen-bond acceptors (Lipinski definition) is 11. The van der Waals surface area contributed by atoms with Crippen LogP contribution in [-0.2, 0) is 43.7 Å². The van der Waals surface area contributed by atoms with Crippen molar-refractivity contribution in [2.45, 2.75) is 138 Å². The monoisotopic (exact) mass is 1140 g/mol. The van der Waals surface area contributed by atoms with Gasteiger partial charge in [0.05, 0.1) is 31.8 Å². The summed E-state index contributed by atoms with van der Waals surface area (Å²) in [6.07, 6.45) is 10.1. The topological polar surface area (TPSA) is 172 Å². The maximum atomic E-state index is 17.0. The van der Waals surface area contributed by atoms with Crippen LogP contribution < -0.4 is 9.47 Å². The zero-order chi connectivity index (χ0) is 58.8. The van der Waals surface area contributed by atoms with E-state index < -0.39 is 47.1 Å². The standard InChI is InChI=1S/C74H78O11/c1-44(75)84-67-38-55(37-60-58-40-69(83-3)65(79)33-49(58)31-61-64(78)41-62-59-39-66(80)68(82-2)34-50(59)32-63(67)73(62,70(60)61)28-25-45-15-7-4-8-16-45)85-71(81)74(51-22-21-48-30-54(77)36-57(56(48)35-51)47-19-11-6-12-20-47)43-72(26-13-14-27-72)42-52(74)23-24-53(76)29-46-17-9-5-10-18-46/h4-12,15-22,25,28,30,33-36,39-40,52-53,55,60-64,67,70,76-80H,13-14,23-24,26-27,29,31-32,37-38,41-43H2,1-3H3. The van der Waals surface area contributed by atoms with Crippen LogP contribution in [0.15, 0.2) is 152 Å². The predicted octanol–water partition coefficient (Wildman–Crippen LogP) is 13.9. The molecule has 11 heteroatoms. The normalized spacial score (nSPS) is 28.4. The highest BCUT2D eigenvalue weighted by atomic mass is 16.6. The van der Waals surface area contributed by atoms with E-state index in [1.54, 1.807) is 25.3 Å². The van der Waals surface area contributed by atoms with E-state index in [1.165, 1.54) is 14.0 Å². The van der Waals surface area contributed by atoms with Gasteiger partial charge in [-0.15, -0.1) is 0 Å². The quantitative estimate of drug-likeness (QED) is 0.0656. The van der Waals surface area contributed by atoms with Crippen LogP contribution >= 0.6 is 0 Å². The first-order chi connectivity index (χ1) is 41.2. The number of fused-ring (bicyclic) bond motifs is 5. The average molecular weight is 1140 g/mol. The number of ether oxygens (including phenoxy) is 4. The second kappa shape index (κ2) is 22.7. The van der Waals surface area contributed by atoms with Gasteiger partial charge in [0.2, 0.25) is 0 Å². The Morgan fingerprint density at radius 2 is 1.42 bits per heavy atom. The number of aliphatic hydroxyl groups is 2. The first-order valence-corrected chi connectivity index (χ1v) is 30.8. The number of esters is 2. The number of methoxy groups -OCH3 is 2. The number of rotatable bonds is 14. The number of aromatic hydroxyl groups is 3. The lowest BCUT2D eigenvalue weighted by Gasteiger charge is -2.64. The van der Waals surface area contributed by atoms with Gasteiger partial charge in [-0.3, -0.25) is 9.59 Å². The zero-order valence-electron chi connectivity index (χ0n) is 48.9. The van der Waals surface area contributed by atoms with Gasteiger partial charge in [-0.2, -0.15) is 0 Å². The van der Waals surface area contributed by atoms with Crippen molar-refractivity contribution in [3.63, 3.8) is 0 Å². The molecule has 0 heterocycles. The fourth-order valence-corrected chi connectivity index (χ4v) is 18.0. The van der Waals surface area contributed by atoms with Gasteiger partial charge in [-0.25, -0.2) is 0 Å². The Morgan fingerprint density at radius 3 is 2.15 bits per heavy atom. The summed E-state index contributed by atoms with van der Waals surface area (Å²) in [5.74, 6) is -2.12. The van der Waals surface area contributed by atoms with Crippen LogP contribution in [0.2, 0.25) is 0 Å². The Hall–Kier alpha value is -7.60. The number of phenolic OH excluding ortho intramolecular Hbond substituents is 3. The first-order valence-electron chi connectivity index (χ1n) is 30.8. The Balaban J connectivity index is 0.999. The fraction of sp³-hybridized carbons (Fsp3) is 0.405. The summed E-state index contributed by atoms with van der Waals surface area (Å²) >= 11 is 0. The second-order valence-corrected chi connectivity index (χ2v) is 26.0. The highest BCUT2D eigenvalue weighted by molar-refractivity contribution is 5.99. The van der Waals surface area contributed by atoms with Crippen molar-refractivity contribution in [3.05, 3.63) is 191 Å². The van der Waals surface area contributed by atoms with Crippen LogP contribution in [-0.4, -0.2) is 76.1 Å². The van der Waals surface area contributed by atoms with Gasteiger partial charge in [-0.05, 0) is 209 Å². The van der Waals surface area contributed by atoms with Crippen LogP contribution in [0.25, 0.3) is 28.0 Å². The number of benzene rings is 7. The fourth-order valence-electron chi connectivity index (χ4n) is 18.0. The van der Waals surface area contributed by atoms with Crippen molar-refractivity contribution in [3.8, 4) is 39.9 Å². The smallest absolute Gasteiger partial charge is 0.317 e. The van der Waals surface area contributed by atoms with Crippen molar-refractivity contribution in [2.24, 2.45) is 34.5 Å². The van der Waals surface area contributed by atoms with Crippen molar-refractivity contribution in [2.75, 3.05) is 14.2 Å². The number of carbonyl (C=O) groups excluding carboxylic acids is 2. The molecule has 7 aromatic carbocycles.